The Labute approximate surface area is 104 Å². The lowest BCUT2D eigenvalue weighted by Gasteiger charge is -2.07. The molecule has 1 saturated carbocycles. The van der Waals surface area contributed by atoms with Crippen LogP contribution in [-0.4, -0.2) is 19.1 Å². The molecule has 1 aromatic carbocycles. The minimum absolute atomic E-state index is 0.179. The Kier molecular flexibility index (Phi) is 4.31. The van der Waals surface area contributed by atoms with Crippen molar-refractivity contribution in [2.45, 2.75) is 25.4 Å². The van der Waals surface area contributed by atoms with Gasteiger partial charge in [0, 0.05) is 31.2 Å². The van der Waals surface area contributed by atoms with Crippen molar-refractivity contribution in [1.29, 1.82) is 0 Å². The zero-order valence-corrected chi connectivity index (χ0v) is 10.2. The van der Waals surface area contributed by atoms with E-state index in [-0.39, 0.29) is 5.02 Å². The minimum atomic E-state index is -0.582. The molecule has 0 unspecified atom stereocenters. The molecule has 1 aliphatic rings. The standard InChI is InChI=1S/C12H15ClF2N2/c13-10-6-11(14)8(5-12(10)15)7-16-3-4-17-9-1-2-9/h5-6,9,16-17H,1-4,7H2. The Morgan fingerprint density at radius 1 is 1.18 bits per heavy atom. The number of hydrogen-bond donors (Lipinski definition) is 2. The summed E-state index contributed by atoms with van der Waals surface area (Å²) in [6, 6.07) is 2.82. The van der Waals surface area contributed by atoms with Gasteiger partial charge in [0.25, 0.3) is 0 Å². The van der Waals surface area contributed by atoms with Crippen LogP contribution in [0.4, 0.5) is 8.78 Å². The Morgan fingerprint density at radius 3 is 2.65 bits per heavy atom. The molecule has 0 atom stereocenters. The highest BCUT2D eigenvalue weighted by Crippen LogP contribution is 2.19. The first-order chi connectivity index (χ1) is 8.16. The normalized spacial score (nSPS) is 15.2. The van der Waals surface area contributed by atoms with Gasteiger partial charge < -0.3 is 10.6 Å². The molecule has 0 bridgehead atoms. The third-order valence-corrected chi connectivity index (χ3v) is 3.01. The molecule has 0 aliphatic heterocycles. The molecule has 17 heavy (non-hydrogen) atoms. The molecule has 2 nitrogen and oxygen atoms in total. The van der Waals surface area contributed by atoms with E-state index in [2.05, 4.69) is 10.6 Å². The molecule has 1 aromatic rings. The molecule has 0 amide bonds. The van der Waals surface area contributed by atoms with Crippen LogP contribution in [0.2, 0.25) is 5.02 Å². The van der Waals surface area contributed by atoms with E-state index in [0.717, 1.165) is 25.2 Å². The first kappa shape index (κ1) is 12.7. The van der Waals surface area contributed by atoms with Crippen molar-refractivity contribution in [2.75, 3.05) is 13.1 Å². The SMILES string of the molecule is Fc1cc(CNCCNC2CC2)c(F)cc1Cl. The van der Waals surface area contributed by atoms with Crippen LogP contribution < -0.4 is 10.6 Å². The summed E-state index contributed by atoms with van der Waals surface area (Å²) < 4.78 is 26.5. The van der Waals surface area contributed by atoms with E-state index in [0.29, 0.717) is 18.2 Å². The number of benzene rings is 1. The monoisotopic (exact) mass is 260 g/mol. The third-order valence-electron chi connectivity index (χ3n) is 2.72. The topological polar surface area (TPSA) is 24.1 Å². The molecule has 94 valence electrons. The minimum Gasteiger partial charge on any atom is -0.313 e. The fourth-order valence-corrected chi connectivity index (χ4v) is 1.72. The molecule has 0 radical (unpaired) electrons. The molecular weight excluding hydrogens is 246 g/mol. The van der Waals surface area contributed by atoms with E-state index in [1.54, 1.807) is 0 Å². The van der Waals surface area contributed by atoms with E-state index < -0.39 is 11.6 Å². The average molecular weight is 261 g/mol. The van der Waals surface area contributed by atoms with Crippen LogP contribution in [0, 0.1) is 11.6 Å². The molecule has 5 heteroatoms. The van der Waals surface area contributed by atoms with Gasteiger partial charge in [-0.15, -0.1) is 0 Å². The average Bonchev–Trinajstić information content (AvgIpc) is 3.08. The van der Waals surface area contributed by atoms with Crippen molar-refractivity contribution in [1.82, 2.24) is 10.6 Å². The first-order valence-corrected chi connectivity index (χ1v) is 6.12. The second kappa shape index (κ2) is 5.76. The van der Waals surface area contributed by atoms with Gasteiger partial charge in [-0.2, -0.15) is 0 Å². The summed E-state index contributed by atoms with van der Waals surface area (Å²) in [7, 11) is 0. The Morgan fingerprint density at radius 2 is 1.94 bits per heavy atom. The summed E-state index contributed by atoms with van der Waals surface area (Å²) in [6.07, 6.45) is 2.49. The van der Waals surface area contributed by atoms with Crippen LogP contribution >= 0.6 is 11.6 Å². The van der Waals surface area contributed by atoms with Gasteiger partial charge in [0.05, 0.1) is 5.02 Å². The van der Waals surface area contributed by atoms with E-state index in [1.165, 1.54) is 12.8 Å². The first-order valence-electron chi connectivity index (χ1n) is 5.74. The predicted molar refractivity (Wildman–Crippen MR) is 64.1 cm³/mol. The van der Waals surface area contributed by atoms with E-state index in [1.807, 2.05) is 0 Å². The molecule has 0 spiro atoms. The van der Waals surface area contributed by atoms with Gasteiger partial charge in [0.2, 0.25) is 0 Å². The second-order valence-corrected chi connectivity index (χ2v) is 4.67. The summed E-state index contributed by atoms with van der Waals surface area (Å²) in [5, 5.41) is 6.21. The van der Waals surface area contributed by atoms with Crippen LogP contribution in [0.1, 0.15) is 18.4 Å². The second-order valence-electron chi connectivity index (χ2n) is 4.26. The predicted octanol–water partition coefficient (Wildman–Crippen LogP) is 2.46. The number of hydrogen-bond acceptors (Lipinski definition) is 2. The highest BCUT2D eigenvalue weighted by molar-refractivity contribution is 6.30. The molecule has 2 rings (SSSR count). The smallest absolute Gasteiger partial charge is 0.142 e. The van der Waals surface area contributed by atoms with Crippen molar-refractivity contribution < 1.29 is 8.78 Å². The number of halogens is 3. The van der Waals surface area contributed by atoms with Crippen LogP contribution in [0.25, 0.3) is 0 Å². The van der Waals surface area contributed by atoms with Crippen LogP contribution in [0.3, 0.4) is 0 Å². The molecule has 0 heterocycles. The maximum atomic E-state index is 13.4. The Bertz CT molecular complexity index is 394. The van der Waals surface area contributed by atoms with Crippen molar-refractivity contribution in [3.63, 3.8) is 0 Å². The van der Waals surface area contributed by atoms with E-state index in [9.17, 15) is 8.78 Å². The van der Waals surface area contributed by atoms with Gasteiger partial charge in [-0.05, 0) is 25.0 Å². The molecule has 2 N–H and O–H groups in total. The summed E-state index contributed by atoms with van der Waals surface area (Å²) >= 11 is 5.47. The van der Waals surface area contributed by atoms with Crippen molar-refractivity contribution in [3.8, 4) is 0 Å². The third kappa shape index (κ3) is 3.91. The fourth-order valence-electron chi connectivity index (χ4n) is 1.57. The zero-order chi connectivity index (χ0) is 12.3. The van der Waals surface area contributed by atoms with Crippen LogP contribution in [0.15, 0.2) is 12.1 Å². The summed E-state index contributed by atoms with van der Waals surface area (Å²) in [4.78, 5) is 0. The van der Waals surface area contributed by atoms with Crippen molar-refractivity contribution >= 4 is 11.6 Å². The molecule has 0 saturated heterocycles. The fraction of sp³-hybridized carbons (Fsp3) is 0.500. The lowest BCUT2D eigenvalue weighted by atomic mass is 10.2. The summed E-state index contributed by atoms with van der Waals surface area (Å²) in [5.41, 5.74) is 0.304. The molecular formula is C12H15ClF2N2. The van der Waals surface area contributed by atoms with Gasteiger partial charge in [-0.1, -0.05) is 11.6 Å². The summed E-state index contributed by atoms with van der Waals surface area (Å²) in [6.45, 7) is 1.90. The lowest BCUT2D eigenvalue weighted by Crippen LogP contribution is -2.28. The largest absolute Gasteiger partial charge is 0.313 e. The Hall–Kier alpha value is -0.710. The maximum Gasteiger partial charge on any atom is 0.142 e. The van der Waals surface area contributed by atoms with E-state index in [4.69, 9.17) is 11.6 Å². The Balaban J connectivity index is 1.75. The van der Waals surface area contributed by atoms with Gasteiger partial charge in [0.15, 0.2) is 0 Å². The number of nitrogens with one attached hydrogen (secondary N) is 2. The van der Waals surface area contributed by atoms with Gasteiger partial charge in [-0.3, -0.25) is 0 Å². The van der Waals surface area contributed by atoms with Crippen LogP contribution in [-0.2, 0) is 6.54 Å². The lowest BCUT2D eigenvalue weighted by molar-refractivity contribution is 0.559. The molecule has 0 aromatic heterocycles. The van der Waals surface area contributed by atoms with Crippen molar-refractivity contribution in [2.24, 2.45) is 0 Å². The van der Waals surface area contributed by atoms with Crippen LogP contribution in [0.5, 0.6) is 0 Å². The number of rotatable bonds is 6. The van der Waals surface area contributed by atoms with Gasteiger partial charge in [-0.25, -0.2) is 8.78 Å². The van der Waals surface area contributed by atoms with E-state index >= 15 is 0 Å². The molecule has 1 aliphatic carbocycles. The quantitative estimate of drug-likeness (QED) is 0.607. The van der Waals surface area contributed by atoms with Gasteiger partial charge >= 0.3 is 0 Å². The highest BCUT2D eigenvalue weighted by atomic mass is 35.5. The summed E-state index contributed by atoms with van der Waals surface area (Å²) in [5.74, 6) is -1.06. The van der Waals surface area contributed by atoms with Crippen molar-refractivity contribution in [3.05, 3.63) is 34.4 Å². The zero-order valence-electron chi connectivity index (χ0n) is 9.40. The highest BCUT2D eigenvalue weighted by Gasteiger charge is 2.19. The van der Waals surface area contributed by atoms with Gasteiger partial charge in [0.1, 0.15) is 11.6 Å². The maximum absolute atomic E-state index is 13.4. The molecule has 1 fully saturated rings.